The molecule has 1 nitrogen and oxygen atoms in total. The Bertz CT molecular complexity index is 612. The largest absolute Gasteiger partial charge is 0.456 e. The minimum Gasteiger partial charge on any atom is -0.456 e. The Labute approximate surface area is 113 Å². The lowest BCUT2D eigenvalue weighted by Gasteiger charge is -1.99. The van der Waals surface area contributed by atoms with Crippen molar-refractivity contribution in [2.75, 3.05) is 0 Å². The topological polar surface area (TPSA) is 13.1 Å². The summed E-state index contributed by atoms with van der Waals surface area (Å²) in [4.78, 5) is 0. The van der Waals surface area contributed by atoms with E-state index in [-0.39, 0.29) is 0 Å². The van der Waals surface area contributed by atoms with Crippen LogP contribution in [0.25, 0.3) is 22.6 Å². The molecule has 0 radical (unpaired) electrons. The summed E-state index contributed by atoms with van der Waals surface area (Å²) in [6.07, 6.45) is 0. The average Bonchev–Trinajstić information content (AvgIpc) is 2.90. The van der Waals surface area contributed by atoms with E-state index in [1.165, 1.54) is 11.1 Å². The summed E-state index contributed by atoms with van der Waals surface area (Å²) in [5.74, 6) is 1.83. The monoisotopic (exact) mass is 248 g/mol. The molecule has 0 aliphatic carbocycles. The Balaban J connectivity index is 1.95. The summed E-state index contributed by atoms with van der Waals surface area (Å²) in [5, 5.41) is 0. The van der Waals surface area contributed by atoms with Crippen LogP contribution in [-0.2, 0) is 0 Å². The first-order valence-corrected chi connectivity index (χ1v) is 6.46. The Morgan fingerprint density at radius 2 is 0.895 bits per heavy atom. The van der Waals surface area contributed by atoms with Crippen LogP contribution >= 0.6 is 0 Å². The SMILES string of the molecule is Cc1ccc(-c2ccc(-c3ccc(C)cc3)o2)cc1. The summed E-state index contributed by atoms with van der Waals surface area (Å²) in [6.45, 7) is 4.17. The highest BCUT2D eigenvalue weighted by Crippen LogP contribution is 2.28. The van der Waals surface area contributed by atoms with Crippen LogP contribution in [0.4, 0.5) is 0 Å². The van der Waals surface area contributed by atoms with E-state index in [0.29, 0.717) is 0 Å². The van der Waals surface area contributed by atoms with Crippen LogP contribution in [0.1, 0.15) is 11.1 Å². The Hall–Kier alpha value is -2.28. The molecule has 1 heteroatoms. The normalized spacial score (nSPS) is 10.6. The average molecular weight is 248 g/mol. The van der Waals surface area contributed by atoms with Crippen LogP contribution in [0.15, 0.2) is 65.1 Å². The molecule has 0 amide bonds. The van der Waals surface area contributed by atoms with Crippen LogP contribution < -0.4 is 0 Å². The fourth-order valence-electron chi connectivity index (χ4n) is 2.08. The molecule has 0 spiro atoms. The quantitative estimate of drug-likeness (QED) is 0.605. The van der Waals surface area contributed by atoms with E-state index in [1.54, 1.807) is 0 Å². The summed E-state index contributed by atoms with van der Waals surface area (Å²) in [6, 6.07) is 20.8. The molecule has 0 aliphatic rings. The molecule has 1 aromatic heterocycles. The number of rotatable bonds is 2. The summed E-state index contributed by atoms with van der Waals surface area (Å²) in [7, 11) is 0. The molecule has 0 atom stereocenters. The number of aryl methyl sites for hydroxylation is 2. The van der Waals surface area contributed by atoms with E-state index >= 15 is 0 Å². The summed E-state index contributed by atoms with van der Waals surface area (Å²) < 4.78 is 5.94. The molecule has 3 rings (SSSR count). The fraction of sp³-hybridized carbons (Fsp3) is 0.111. The van der Waals surface area contributed by atoms with E-state index < -0.39 is 0 Å². The maximum absolute atomic E-state index is 5.94. The van der Waals surface area contributed by atoms with Gasteiger partial charge in [0.25, 0.3) is 0 Å². The van der Waals surface area contributed by atoms with Gasteiger partial charge in [0.05, 0.1) is 0 Å². The maximum atomic E-state index is 5.94. The van der Waals surface area contributed by atoms with Gasteiger partial charge in [-0.2, -0.15) is 0 Å². The second kappa shape index (κ2) is 4.77. The van der Waals surface area contributed by atoms with Gasteiger partial charge in [0.1, 0.15) is 11.5 Å². The van der Waals surface area contributed by atoms with Gasteiger partial charge in [-0.25, -0.2) is 0 Å². The third-order valence-electron chi connectivity index (χ3n) is 3.28. The van der Waals surface area contributed by atoms with E-state index in [0.717, 1.165) is 22.6 Å². The van der Waals surface area contributed by atoms with Crippen LogP contribution in [0, 0.1) is 13.8 Å². The van der Waals surface area contributed by atoms with Crippen molar-refractivity contribution in [3.8, 4) is 22.6 Å². The molecule has 1 heterocycles. The zero-order valence-corrected chi connectivity index (χ0v) is 11.2. The van der Waals surface area contributed by atoms with Crippen molar-refractivity contribution in [3.05, 3.63) is 71.8 Å². The zero-order chi connectivity index (χ0) is 13.2. The van der Waals surface area contributed by atoms with Gasteiger partial charge in [-0.1, -0.05) is 59.7 Å². The van der Waals surface area contributed by atoms with Crippen molar-refractivity contribution in [2.45, 2.75) is 13.8 Å². The van der Waals surface area contributed by atoms with Crippen molar-refractivity contribution < 1.29 is 4.42 Å². The van der Waals surface area contributed by atoms with E-state index in [4.69, 9.17) is 4.42 Å². The molecule has 3 aromatic rings. The smallest absolute Gasteiger partial charge is 0.134 e. The Kier molecular flexibility index (Phi) is 2.96. The summed E-state index contributed by atoms with van der Waals surface area (Å²) in [5.41, 5.74) is 4.75. The number of furan rings is 1. The number of hydrogen-bond acceptors (Lipinski definition) is 1. The van der Waals surface area contributed by atoms with Crippen molar-refractivity contribution in [1.29, 1.82) is 0 Å². The lowest BCUT2D eigenvalue weighted by atomic mass is 10.1. The van der Waals surface area contributed by atoms with Crippen LogP contribution in [-0.4, -0.2) is 0 Å². The molecule has 0 N–H and O–H groups in total. The highest BCUT2D eigenvalue weighted by molar-refractivity contribution is 5.65. The van der Waals surface area contributed by atoms with Gasteiger partial charge in [0, 0.05) is 11.1 Å². The van der Waals surface area contributed by atoms with Crippen molar-refractivity contribution >= 4 is 0 Å². The van der Waals surface area contributed by atoms with Crippen molar-refractivity contribution in [3.63, 3.8) is 0 Å². The lowest BCUT2D eigenvalue weighted by Crippen LogP contribution is -1.76. The minimum atomic E-state index is 0.913. The van der Waals surface area contributed by atoms with Crippen LogP contribution in [0.5, 0.6) is 0 Å². The van der Waals surface area contributed by atoms with E-state index in [1.807, 2.05) is 12.1 Å². The second-order valence-corrected chi connectivity index (χ2v) is 4.90. The molecule has 0 saturated heterocycles. The molecule has 0 fully saturated rings. The molecule has 0 bridgehead atoms. The minimum absolute atomic E-state index is 0.913. The predicted molar refractivity (Wildman–Crippen MR) is 79.1 cm³/mol. The lowest BCUT2D eigenvalue weighted by molar-refractivity contribution is 0.597. The fourth-order valence-corrected chi connectivity index (χ4v) is 2.08. The maximum Gasteiger partial charge on any atom is 0.134 e. The van der Waals surface area contributed by atoms with Gasteiger partial charge in [-0.05, 0) is 26.0 Å². The van der Waals surface area contributed by atoms with E-state index in [2.05, 4.69) is 62.4 Å². The van der Waals surface area contributed by atoms with Gasteiger partial charge in [0.15, 0.2) is 0 Å². The molecule has 0 aliphatic heterocycles. The third kappa shape index (κ3) is 2.45. The molecular weight excluding hydrogens is 232 g/mol. The Morgan fingerprint density at radius 3 is 1.26 bits per heavy atom. The third-order valence-corrected chi connectivity index (χ3v) is 3.28. The predicted octanol–water partition coefficient (Wildman–Crippen LogP) is 5.23. The van der Waals surface area contributed by atoms with Crippen molar-refractivity contribution in [2.24, 2.45) is 0 Å². The number of hydrogen-bond donors (Lipinski definition) is 0. The van der Waals surface area contributed by atoms with Gasteiger partial charge in [0.2, 0.25) is 0 Å². The summed E-state index contributed by atoms with van der Waals surface area (Å²) >= 11 is 0. The Morgan fingerprint density at radius 1 is 0.526 bits per heavy atom. The molecule has 0 unspecified atom stereocenters. The first-order chi connectivity index (χ1) is 9.22. The van der Waals surface area contributed by atoms with Crippen molar-refractivity contribution in [1.82, 2.24) is 0 Å². The van der Waals surface area contributed by atoms with Gasteiger partial charge in [-0.15, -0.1) is 0 Å². The molecule has 19 heavy (non-hydrogen) atoms. The van der Waals surface area contributed by atoms with Gasteiger partial charge < -0.3 is 4.42 Å². The molecule has 0 saturated carbocycles. The molecule has 2 aromatic carbocycles. The standard InChI is InChI=1S/C18H16O/c1-13-3-7-15(8-4-13)17-11-12-18(19-17)16-9-5-14(2)6-10-16/h3-12H,1-2H3. The van der Waals surface area contributed by atoms with Crippen LogP contribution in [0.2, 0.25) is 0 Å². The first kappa shape index (κ1) is 11.8. The van der Waals surface area contributed by atoms with Crippen LogP contribution in [0.3, 0.4) is 0 Å². The van der Waals surface area contributed by atoms with Gasteiger partial charge >= 0.3 is 0 Å². The molecule has 94 valence electrons. The number of benzene rings is 2. The zero-order valence-electron chi connectivity index (χ0n) is 11.2. The highest BCUT2D eigenvalue weighted by atomic mass is 16.3. The molecular formula is C18H16O. The second-order valence-electron chi connectivity index (χ2n) is 4.90. The van der Waals surface area contributed by atoms with E-state index in [9.17, 15) is 0 Å². The highest BCUT2D eigenvalue weighted by Gasteiger charge is 2.06. The first-order valence-electron chi connectivity index (χ1n) is 6.46. The van der Waals surface area contributed by atoms with Gasteiger partial charge in [-0.3, -0.25) is 0 Å².